The number of carbonyl (C=O) groups excluding carboxylic acids is 1. The summed E-state index contributed by atoms with van der Waals surface area (Å²) in [6, 6.07) is 14.2. The minimum atomic E-state index is -0.476. The number of aromatic nitrogens is 2. The van der Waals surface area contributed by atoms with Crippen molar-refractivity contribution in [2.24, 2.45) is 5.92 Å². The van der Waals surface area contributed by atoms with E-state index in [-0.39, 0.29) is 23.3 Å². The first kappa shape index (κ1) is 21.4. The number of carbonyl (C=O) groups is 1. The lowest BCUT2D eigenvalue weighted by Gasteiger charge is -2.32. The molecule has 2 heterocycles. The third kappa shape index (κ3) is 4.72. The lowest BCUT2D eigenvalue weighted by atomic mass is 9.95. The second-order valence-electron chi connectivity index (χ2n) is 7.79. The largest absolute Gasteiger partial charge is 0.355 e. The highest BCUT2D eigenvalue weighted by molar-refractivity contribution is 5.93. The molecule has 0 saturated carbocycles. The lowest BCUT2D eigenvalue weighted by Crippen LogP contribution is -2.38. The predicted octanol–water partition coefficient (Wildman–Crippen LogP) is 4.35. The molecule has 0 atom stereocenters. The Morgan fingerprint density at radius 3 is 2.44 bits per heavy atom. The number of nitro groups is 1. The summed E-state index contributed by atoms with van der Waals surface area (Å²) in [7, 11) is 0. The minimum absolute atomic E-state index is 0.0524. The second kappa shape index (κ2) is 9.09. The highest BCUT2D eigenvalue weighted by Crippen LogP contribution is 2.26. The van der Waals surface area contributed by atoms with Gasteiger partial charge in [0.1, 0.15) is 5.82 Å². The average molecular weight is 435 g/mol. The van der Waals surface area contributed by atoms with Crippen molar-refractivity contribution in [3.63, 3.8) is 0 Å². The molecule has 0 unspecified atom stereocenters. The molecule has 32 heavy (non-hydrogen) atoms. The Hall–Kier alpha value is -3.88. The number of aryl methyl sites for hydroxylation is 1. The molecule has 1 saturated heterocycles. The summed E-state index contributed by atoms with van der Waals surface area (Å²) in [5, 5.41) is 22.4. The van der Waals surface area contributed by atoms with Crippen LogP contribution in [-0.4, -0.2) is 34.1 Å². The molecule has 1 aliphatic rings. The van der Waals surface area contributed by atoms with Gasteiger partial charge in [-0.15, -0.1) is 10.2 Å². The van der Waals surface area contributed by atoms with Crippen molar-refractivity contribution in [2.75, 3.05) is 23.3 Å². The minimum Gasteiger partial charge on any atom is -0.355 e. The molecule has 0 bridgehead atoms. The van der Waals surface area contributed by atoms with Crippen LogP contribution in [0.2, 0.25) is 0 Å². The smallest absolute Gasteiger partial charge is 0.271 e. The maximum Gasteiger partial charge on any atom is 0.271 e. The van der Waals surface area contributed by atoms with Crippen molar-refractivity contribution in [3.05, 3.63) is 76.1 Å². The maximum atomic E-state index is 13.1. The van der Waals surface area contributed by atoms with Crippen LogP contribution in [0.4, 0.5) is 21.6 Å². The summed E-state index contributed by atoms with van der Waals surface area (Å²) >= 11 is 0. The van der Waals surface area contributed by atoms with E-state index in [9.17, 15) is 19.3 Å². The lowest BCUT2D eigenvalue weighted by molar-refractivity contribution is -0.384. The van der Waals surface area contributed by atoms with Crippen LogP contribution in [0.15, 0.2) is 54.6 Å². The van der Waals surface area contributed by atoms with Crippen molar-refractivity contribution in [1.29, 1.82) is 0 Å². The number of piperidine rings is 1. The normalized spacial score (nSPS) is 14.2. The second-order valence-corrected chi connectivity index (χ2v) is 7.79. The molecule has 4 rings (SSSR count). The first-order chi connectivity index (χ1) is 15.4. The molecule has 1 N–H and O–H groups in total. The van der Waals surface area contributed by atoms with Gasteiger partial charge in [0.25, 0.3) is 5.69 Å². The van der Waals surface area contributed by atoms with Gasteiger partial charge in [0.15, 0.2) is 5.82 Å². The van der Waals surface area contributed by atoms with Gasteiger partial charge in [-0.2, -0.15) is 0 Å². The van der Waals surface area contributed by atoms with Gasteiger partial charge in [0.2, 0.25) is 5.91 Å². The molecule has 0 aliphatic carbocycles. The summed E-state index contributed by atoms with van der Waals surface area (Å²) in [6.07, 6.45) is 1.28. The fourth-order valence-electron chi connectivity index (χ4n) is 3.73. The number of rotatable bonds is 5. The van der Waals surface area contributed by atoms with Crippen LogP contribution >= 0.6 is 0 Å². The molecule has 2 aromatic carbocycles. The number of halogens is 1. The Morgan fingerprint density at radius 1 is 1.09 bits per heavy atom. The van der Waals surface area contributed by atoms with E-state index in [1.807, 2.05) is 12.1 Å². The number of hydrogen-bond acceptors (Lipinski definition) is 6. The topological polar surface area (TPSA) is 101 Å². The van der Waals surface area contributed by atoms with Crippen molar-refractivity contribution < 1.29 is 14.1 Å². The molecule has 1 aromatic heterocycles. The number of amides is 1. The summed E-state index contributed by atoms with van der Waals surface area (Å²) in [4.78, 5) is 25.3. The number of benzene rings is 2. The van der Waals surface area contributed by atoms with Crippen molar-refractivity contribution in [2.45, 2.75) is 19.8 Å². The van der Waals surface area contributed by atoms with Gasteiger partial charge in [-0.25, -0.2) is 4.39 Å². The highest BCUT2D eigenvalue weighted by Gasteiger charge is 2.26. The zero-order chi connectivity index (χ0) is 22.7. The van der Waals surface area contributed by atoms with E-state index in [0.717, 1.165) is 16.9 Å². The van der Waals surface area contributed by atoms with E-state index in [2.05, 4.69) is 20.4 Å². The maximum absolute atomic E-state index is 13.1. The van der Waals surface area contributed by atoms with Crippen LogP contribution in [0.25, 0.3) is 11.3 Å². The Bertz CT molecular complexity index is 1130. The Labute approximate surface area is 184 Å². The predicted molar refractivity (Wildman–Crippen MR) is 119 cm³/mol. The van der Waals surface area contributed by atoms with E-state index in [4.69, 9.17) is 0 Å². The Kier molecular flexibility index (Phi) is 6.07. The number of anilines is 2. The van der Waals surface area contributed by atoms with E-state index in [1.165, 1.54) is 24.3 Å². The molecule has 164 valence electrons. The van der Waals surface area contributed by atoms with E-state index in [0.29, 0.717) is 37.3 Å². The van der Waals surface area contributed by atoms with Crippen molar-refractivity contribution in [3.8, 4) is 11.3 Å². The van der Waals surface area contributed by atoms with E-state index in [1.54, 1.807) is 25.1 Å². The van der Waals surface area contributed by atoms with Gasteiger partial charge in [0, 0.05) is 36.7 Å². The quantitative estimate of drug-likeness (QED) is 0.472. The van der Waals surface area contributed by atoms with Crippen LogP contribution < -0.4 is 10.2 Å². The standard InChI is InChI=1S/C23H22FN5O3/c1-15-2-7-19(29(31)32)14-21(15)25-23(30)17-10-12-28(13-11-17)22-9-8-20(26-27-22)16-3-5-18(24)6-4-16/h2-9,14,17H,10-13H2,1H3,(H,25,30). The molecule has 0 radical (unpaired) electrons. The van der Waals surface area contributed by atoms with Crippen molar-refractivity contribution in [1.82, 2.24) is 10.2 Å². The van der Waals surface area contributed by atoms with Crippen LogP contribution in [0.1, 0.15) is 18.4 Å². The van der Waals surface area contributed by atoms with Crippen LogP contribution in [0, 0.1) is 28.8 Å². The number of hydrogen-bond donors (Lipinski definition) is 1. The first-order valence-electron chi connectivity index (χ1n) is 10.3. The molecule has 1 amide bonds. The third-order valence-corrected chi connectivity index (χ3v) is 5.67. The van der Waals surface area contributed by atoms with Gasteiger partial charge in [-0.3, -0.25) is 14.9 Å². The molecular formula is C23H22FN5O3. The SMILES string of the molecule is Cc1ccc([N+](=O)[O-])cc1NC(=O)C1CCN(c2ccc(-c3ccc(F)cc3)nn2)CC1. The van der Waals surface area contributed by atoms with Gasteiger partial charge in [-0.05, 0) is 61.7 Å². The average Bonchev–Trinajstić information content (AvgIpc) is 2.81. The Morgan fingerprint density at radius 2 is 1.81 bits per heavy atom. The first-order valence-corrected chi connectivity index (χ1v) is 10.3. The zero-order valence-electron chi connectivity index (χ0n) is 17.5. The van der Waals surface area contributed by atoms with Gasteiger partial charge >= 0.3 is 0 Å². The van der Waals surface area contributed by atoms with E-state index < -0.39 is 4.92 Å². The molecule has 8 nitrogen and oxygen atoms in total. The van der Waals surface area contributed by atoms with Crippen molar-refractivity contribution >= 4 is 23.1 Å². The number of non-ortho nitro benzene ring substituents is 1. The van der Waals surface area contributed by atoms with Crippen LogP contribution in [0.5, 0.6) is 0 Å². The van der Waals surface area contributed by atoms with Gasteiger partial charge in [-0.1, -0.05) is 6.07 Å². The molecule has 9 heteroatoms. The van der Waals surface area contributed by atoms with Gasteiger partial charge in [0.05, 0.1) is 16.3 Å². The zero-order valence-corrected chi connectivity index (χ0v) is 17.5. The molecule has 3 aromatic rings. The molecule has 0 spiro atoms. The van der Waals surface area contributed by atoms with Crippen LogP contribution in [-0.2, 0) is 4.79 Å². The summed E-state index contributed by atoms with van der Waals surface area (Å²) in [6.45, 7) is 3.10. The number of nitro benzene ring substituents is 1. The van der Waals surface area contributed by atoms with Crippen LogP contribution in [0.3, 0.4) is 0 Å². The fourth-order valence-corrected chi connectivity index (χ4v) is 3.73. The fraction of sp³-hybridized carbons (Fsp3) is 0.261. The summed E-state index contributed by atoms with van der Waals surface area (Å²) < 4.78 is 13.1. The number of nitrogens with zero attached hydrogens (tertiary/aromatic N) is 4. The number of nitrogens with one attached hydrogen (secondary N) is 1. The highest BCUT2D eigenvalue weighted by atomic mass is 19.1. The monoisotopic (exact) mass is 435 g/mol. The molecular weight excluding hydrogens is 413 g/mol. The third-order valence-electron chi connectivity index (χ3n) is 5.67. The summed E-state index contributed by atoms with van der Waals surface area (Å²) in [5.41, 5.74) is 2.64. The van der Waals surface area contributed by atoms with Gasteiger partial charge < -0.3 is 10.2 Å². The van der Waals surface area contributed by atoms with E-state index >= 15 is 0 Å². The molecule has 1 fully saturated rings. The molecule has 1 aliphatic heterocycles. The summed E-state index contributed by atoms with van der Waals surface area (Å²) in [5.74, 6) is 0.109. The Balaban J connectivity index is 1.36.